The number of halogens is 2. The number of amidine groups is 1. The molecule has 0 aliphatic carbocycles. The quantitative estimate of drug-likeness (QED) is 0.807. The van der Waals surface area contributed by atoms with Crippen molar-refractivity contribution in [1.82, 2.24) is 0 Å². The first-order valence-corrected chi connectivity index (χ1v) is 7.72. The zero-order valence-corrected chi connectivity index (χ0v) is 13.5. The van der Waals surface area contributed by atoms with Crippen molar-refractivity contribution in [2.45, 2.75) is 11.7 Å². The molecule has 1 aromatic rings. The molecule has 2 amide bonds. The molecule has 1 aromatic carbocycles. The van der Waals surface area contributed by atoms with E-state index in [-0.39, 0.29) is 23.4 Å². The van der Waals surface area contributed by atoms with Crippen LogP contribution >= 0.6 is 43.6 Å². The minimum atomic E-state index is -0.519. The molecular weight excluding hydrogens is 398 g/mol. The second-order valence-corrected chi connectivity index (χ2v) is 6.76. The van der Waals surface area contributed by atoms with Crippen molar-refractivity contribution >= 4 is 66.3 Å². The number of nitrogens with zero attached hydrogens (tertiary/aromatic N) is 1. The van der Waals surface area contributed by atoms with Gasteiger partial charge in [-0.3, -0.25) is 9.59 Å². The topological polar surface area (TPSA) is 84.5 Å². The summed E-state index contributed by atoms with van der Waals surface area (Å²) in [5.41, 5.74) is 6.08. The third-order valence-corrected chi connectivity index (χ3v) is 4.47. The molecule has 19 heavy (non-hydrogen) atoms. The van der Waals surface area contributed by atoms with Gasteiger partial charge in [0.15, 0.2) is 5.17 Å². The highest BCUT2D eigenvalue weighted by molar-refractivity contribution is 9.11. The number of nitrogens with two attached hydrogens (primary N) is 1. The predicted molar refractivity (Wildman–Crippen MR) is 83.1 cm³/mol. The normalized spacial score (nSPS) is 18.3. The van der Waals surface area contributed by atoms with E-state index < -0.39 is 5.25 Å². The van der Waals surface area contributed by atoms with Crippen LogP contribution in [0.3, 0.4) is 0 Å². The zero-order valence-electron chi connectivity index (χ0n) is 9.52. The van der Waals surface area contributed by atoms with Crippen molar-refractivity contribution in [2.75, 3.05) is 5.32 Å². The molecule has 0 spiro atoms. The molecule has 100 valence electrons. The summed E-state index contributed by atoms with van der Waals surface area (Å²) in [6.45, 7) is 0. The second kappa shape index (κ2) is 6.06. The fourth-order valence-electron chi connectivity index (χ4n) is 1.49. The first-order valence-electron chi connectivity index (χ1n) is 5.25. The minimum absolute atomic E-state index is 0.0518. The summed E-state index contributed by atoms with van der Waals surface area (Å²) in [4.78, 5) is 26.8. The number of hydrogen-bond acceptors (Lipinski definition) is 4. The summed E-state index contributed by atoms with van der Waals surface area (Å²) in [6, 6.07) is 5.41. The van der Waals surface area contributed by atoms with E-state index in [1.54, 1.807) is 6.07 Å². The number of anilines is 1. The van der Waals surface area contributed by atoms with Gasteiger partial charge in [-0.1, -0.05) is 27.7 Å². The summed E-state index contributed by atoms with van der Waals surface area (Å²) >= 11 is 7.80. The summed E-state index contributed by atoms with van der Waals surface area (Å²) < 4.78 is 1.66. The van der Waals surface area contributed by atoms with Crippen molar-refractivity contribution < 1.29 is 9.59 Å². The number of carbonyl (C=O) groups is 2. The van der Waals surface area contributed by atoms with Crippen LogP contribution in [0.2, 0.25) is 0 Å². The summed E-state index contributed by atoms with van der Waals surface area (Å²) in [5, 5.41) is 2.43. The number of carbonyl (C=O) groups excluding carboxylic acids is 2. The maximum Gasteiger partial charge on any atom is 0.262 e. The van der Waals surface area contributed by atoms with Crippen LogP contribution in [0.4, 0.5) is 5.69 Å². The van der Waals surface area contributed by atoms with Crippen LogP contribution in [0.15, 0.2) is 32.1 Å². The average molecular weight is 407 g/mol. The maximum absolute atomic E-state index is 11.9. The van der Waals surface area contributed by atoms with Gasteiger partial charge in [0, 0.05) is 15.4 Å². The molecule has 2 rings (SSSR count). The molecular formula is C11H9Br2N3O2S. The van der Waals surface area contributed by atoms with Crippen LogP contribution in [0.1, 0.15) is 6.42 Å². The fraction of sp³-hybridized carbons (Fsp3) is 0.182. The Hall–Kier alpha value is -0.860. The van der Waals surface area contributed by atoms with Crippen molar-refractivity contribution in [3.63, 3.8) is 0 Å². The first kappa shape index (κ1) is 14.5. The number of rotatable bonds is 3. The molecule has 1 aliphatic heterocycles. The van der Waals surface area contributed by atoms with E-state index in [1.807, 2.05) is 12.1 Å². The van der Waals surface area contributed by atoms with Crippen LogP contribution in [0.25, 0.3) is 0 Å². The predicted octanol–water partition coefficient (Wildman–Crippen LogP) is 2.50. The van der Waals surface area contributed by atoms with Crippen LogP contribution in [0.5, 0.6) is 0 Å². The molecule has 0 radical (unpaired) electrons. The Balaban J connectivity index is 1.97. The van der Waals surface area contributed by atoms with E-state index >= 15 is 0 Å². The van der Waals surface area contributed by atoms with Gasteiger partial charge >= 0.3 is 0 Å². The maximum atomic E-state index is 11.9. The highest BCUT2D eigenvalue weighted by Crippen LogP contribution is 2.27. The highest BCUT2D eigenvalue weighted by Gasteiger charge is 2.29. The molecule has 3 N–H and O–H groups in total. The number of benzene rings is 1. The number of nitrogens with one attached hydrogen (secondary N) is 1. The van der Waals surface area contributed by atoms with Gasteiger partial charge in [-0.05, 0) is 34.1 Å². The van der Waals surface area contributed by atoms with Gasteiger partial charge in [0.1, 0.15) is 5.25 Å². The molecule has 5 nitrogen and oxygen atoms in total. The Morgan fingerprint density at radius 3 is 2.79 bits per heavy atom. The lowest BCUT2D eigenvalue weighted by Crippen LogP contribution is -2.21. The Morgan fingerprint density at radius 1 is 1.47 bits per heavy atom. The van der Waals surface area contributed by atoms with Gasteiger partial charge in [0.05, 0.1) is 5.69 Å². The minimum Gasteiger partial charge on any atom is -0.378 e. The highest BCUT2D eigenvalue weighted by atomic mass is 79.9. The number of thioether (sulfide) groups is 1. The average Bonchev–Trinajstić information content (AvgIpc) is 2.61. The lowest BCUT2D eigenvalue weighted by molar-refractivity contribution is -0.121. The van der Waals surface area contributed by atoms with Crippen LogP contribution in [-0.4, -0.2) is 22.2 Å². The largest absolute Gasteiger partial charge is 0.378 e. The van der Waals surface area contributed by atoms with E-state index in [4.69, 9.17) is 5.73 Å². The monoisotopic (exact) mass is 405 g/mol. The zero-order chi connectivity index (χ0) is 14.0. The SMILES string of the molecule is NC1=NC(=O)[C@@H](CC(=O)Nc2ccc(Br)cc2Br)S1. The van der Waals surface area contributed by atoms with Gasteiger partial charge in [-0.15, -0.1) is 0 Å². The molecule has 0 bridgehead atoms. The molecule has 1 aliphatic rings. The Kier molecular flexibility index (Phi) is 4.64. The van der Waals surface area contributed by atoms with Crippen molar-refractivity contribution in [3.8, 4) is 0 Å². The van der Waals surface area contributed by atoms with Gasteiger partial charge < -0.3 is 11.1 Å². The van der Waals surface area contributed by atoms with Crippen molar-refractivity contribution in [1.29, 1.82) is 0 Å². The van der Waals surface area contributed by atoms with E-state index in [0.717, 1.165) is 20.7 Å². The molecule has 0 unspecified atom stereocenters. The van der Waals surface area contributed by atoms with Gasteiger partial charge in [-0.2, -0.15) is 4.99 Å². The van der Waals surface area contributed by atoms with Crippen LogP contribution in [-0.2, 0) is 9.59 Å². The first-order chi connectivity index (χ1) is 8.95. The number of amides is 2. The summed E-state index contributed by atoms with van der Waals surface area (Å²) in [5.74, 6) is -0.605. The molecule has 1 heterocycles. The van der Waals surface area contributed by atoms with Crippen LogP contribution < -0.4 is 11.1 Å². The van der Waals surface area contributed by atoms with Gasteiger partial charge in [-0.25, -0.2) is 0 Å². The molecule has 0 saturated heterocycles. The molecule has 0 fully saturated rings. The second-order valence-electron chi connectivity index (χ2n) is 3.77. The van der Waals surface area contributed by atoms with Crippen molar-refractivity contribution in [3.05, 3.63) is 27.1 Å². The molecule has 0 saturated carbocycles. The van der Waals surface area contributed by atoms with E-state index in [0.29, 0.717) is 5.69 Å². The standard InChI is InChI=1S/C11H9Br2N3O2S/c12-5-1-2-7(6(13)3-5)15-9(17)4-8-10(18)16-11(14)19-8/h1-3,8H,4H2,(H,15,17)(H2,14,16,18)/t8-/m1/s1. The van der Waals surface area contributed by atoms with E-state index in [9.17, 15) is 9.59 Å². The fourth-order valence-corrected chi connectivity index (χ4v) is 3.46. The Bertz CT molecular complexity index is 577. The molecule has 1 atom stereocenters. The van der Waals surface area contributed by atoms with Gasteiger partial charge in [0.25, 0.3) is 5.91 Å². The molecule has 8 heteroatoms. The smallest absolute Gasteiger partial charge is 0.262 e. The Morgan fingerprint density at radius 2 is 2.21 bits per heavy atom. The lowest BCUT2D eigenvalue weighted by Gasteiger charge is -2.09. The van der Waals surface area contributed by atoms with Crippen molar-refractivity contribution in [2.24, 2.45) is 10.7 Å². The van der Waals surface area contributed by atoms with Gasteiger partial charge in [0.2, 0.25) is 5.91 Å². The van der Waals surface area contributed by atoms with E-state index in [1.165, 1.54) is 0 Å². The third-order valence-electron chi connectivity index (χ3n) is 2.33. The number of aliphatic imine (C=N–C) groups is 1. The van der Waals surface area contributed by atoms with E-state index in [2.05, 4.69) is 42.2 Å². The summed E-state index contributed by atoms with van der Waals surface area (Å²) in [6.07, 6.45) is 0.0518. The van der Waals surface area contributed by atoms with Crippen LogP contribution in [0, 0.1) is 0 Å². The Labute approximate surface area is 130 Å². The third kappa shape index (κ3) is 3.80. The lowest BCUT2D eigenvalue weighted by atomic mass is 10.2. The summed E-state index contributed by atoms with van der Waals surface area (Å²) in [7, 11) is 0. The molecule has 0 aromatic heterocycles. The number of hydrogen-bond donors (Lipinski definition) is 2.